The lowest BCUT2D eigenvalue weighted by Gasteiger charge is -2.22. The van der Waals surface area contributed by atoms with Gasteiger partial charge in [-0.05, 0) is 36.3 Å². The molecule has 1 aromatic heterocycles. The zero-order valence-corrected chi connectivity index (χ0v) is 19.2. The van der Waals surface area contributed by atoms with Gasteiger partial charge in [0.05, 0.1) is 12.2 Å². The molecule has 4 nitrogen and oxygen atoms in total. The molecule has 0 aliphatic rings. The second-order valence-corrected chi connectivity index (χ2v) is 9.95. The molecule has 5 heteroatoms. The fourth-order valence-corrected chi connectivity index (χ4v) is 4.74. The molecule has 2 atom stereocenters. The number of thiophene rings is 1. The third-order valence-corrected chi connectivity index (χ3v) is 5.95. The van der Waals surface area contributed by atoms with Crippen LogP contribution in [0, 0.1) is 11.3 Å². The summed E-state index contributed by atoms with van der Waals surface area (Å²) in [4.78, 5) is 26.1. The molecule has 0 unspecified atom stereocenters. The van der Waals surface area contributed by atoms with Crippen LogP contribution in [-0.4, -0.2) is 18.5 Å². The molecule has 1 aromatic carbocycles. The van der Waals surface area contributed by atoms with Crippen molar-refractivity contribution in [3.05, 3.63) is 52.4 Å². The largest absolute Gasteiger partial charge is 0.462 e. The Bertz CT molecular complexity index is 820. The molecule has 29 heavy (non-hydrogen) atoms. The Morgan fingerprint density at radius 1 is 1.14 bits per heavy atom. The summed E-state index contributed by atoms with van der Waals surface area (Å²) in [5.74, 6) is -0.0649. The van der Waals surface area contributed by atoms with Crippen molar-refractivity contribution in [1.82, 2.24) is 0 Å². The van der Waals surface area contributed by atoms with Gasteiger partial charge in [-0.3, -0.25) is 4.79 Å². The molecule has 1 amide bonds. The molecule has 0 bridgehead atoms. The maximum absolute atomic E-state index is 12.6. The first-order valence-corrected chi connectivity index (χ1v) is 11.1. The number of hydrogen-bond acceptors (Lipinski definition) is 4. The van der Waals surface area contributed by atoms with Crippen molar-refractivity contribution >= 4 is 28.2 Å². The van der Waals surface area contributed by atoms with Crippen molar-refractivity contribution in [2.24, 2.45) is 11.3 Å². The summed E-state index contributed by atoms with van der Waals surface area (Å²) < 4.78 is 5.21. The van der Waals surface area contributed by atoms with E-state index < -0.39 is 5.97 Å². The Balaban J connectivity index is 2.21. The van der Waals surface area contributed by atoms with Crippen LogP contribution in [-0.2, 0) is 9.53 Å². The number of carbonyl (C=O) groups excluding carboxylic acids is 2. The zero-order chi connectivity index (χ0) is 21.6. The molecule has 1 N–H and O–H groups in total. The van der Waals surface area contributed by atoms with Gasteiger partial charge in [-0.15, -0.1) is 11.3 Å². The number of amides is 1. The number of rotatable bonds is 8. The van der Waals surface area contributed by atoms with Crippen LogP contribution in [0.3, 0.4) is 0 Å². The molecular formula is C24H33NO3S. The minimum absolute atomic E-state index is 0.0620. The van der Waals surface area contributed by atoms with Crippen LogP contribution in [0.15, 0.2) is 36.4 Å². The summed E-state index contributed by atoms with van der Waals surface area (Å²) in [5, 5.41) is 3.55. The first-order chi connectivity index (χ1) is 13.6. The highest BCUT2D eigenvalue weighted by atomic mass is 32.1. The number of hydrogen-bond donors (Lipinski definition) is 1. The topological polar surface area (TPSA) is 55.4 Å². The monoisotopic (exact) mass is 415 g/mol. The van der Waals surface area contributed by atoms with Gasteiger partial charge in [0.2, 0.25) is 5.91 Å². The highest BCUT2D eigenvalue weighted by Gasteiger charge is 2.23. The second-order valence-electron chi connectivity index (χ2n) is 8.87. The summed E-state index contributed by atoms with van der Waals surface area (Å²) in [5.41, 5.74) is 1.78. The number of esters is 1. The number of anilines is 1. The van der Waals surface area contributed by atoms with Crippen LogP contribution in [0.4, 0.5) is 5.00 Å². The van der Waals surface area contributed by atoms with Gasteiger partial charge in [0.15, 0.2) is 0 Å². The molecular weight excluding hydrogens is 382 g/mol. The molecule has 0 aliphatic heterocycles. The number of benzene rings is 1. The van der Waals surface area contributed by atoms with Gasteiger partial charge in [-0.2, -0.15) is 0 Å². The van der Waals surface area contributed by atoms with Gasteiger partial charge < -0.3 is 10.1 Å². The Labute approximate surface area is 178 Å². The minimum atomic E-state index is -0.395. The van der Waals surface area contributed by atoms with Crippen molar-refractivity contribution in [1.29, 1.82) is 0 Å². The average Bonchev–Trinajstić information content (AvgIpc) is 3.04. The molecule has 0 spiro atoms. The highest BCUT2D eigenvalue weighted by molar-refractivity contribution is 7.16. The summed E-state index contributed by atoms with van der Waals surface area (Å²) in [6, 6.07) is 12.0. The molecule has 0 aliphatic carbocycles. The van der Waals surface area contributed by atoms with Crippen molar-refractivity contribution in [3.8, 4) is 0 Å². The van der Waals surface area contributed by atoms with E-state index in [1.807, 2.05) is 24.3 Å². The molecule has 1 heterocycles. The van der Waals surface area contributed by atoms with E-state index in [9.17, 15) is 9.59 Å². The Hall–Kier alpha value is -2.14. The van der Waals surface area contributed by atoms with Crippen molar-refractivity contribution in [2.45, 2.75) is 60.3 Å². The Kier molecular flexibility index (Phi) is 8.03. The molecule has 0 saturated heterocycles. The van der Waals surface area contributed by atoms with Crippen LogP contribution in [0.25, 0.3) is 0 Å². The fraction of sp³-hybridized carbons (Fsp3) is 0.500. The van der Waals surface area contributed by atoms with Crippen LogP contribution in [0.2, 0.25) is 0 Å². The third-order valence-electron chi connectivity index (χ3n) is 4.72. The number of carbonyl (C=O) groups is 2. The summed E-state index contributed by atoms with van der Waals surface area (Å²) >= 11 is 1.45. The molecule has 0 fully saturated rings. The van der Waals surface area contributed by atoms with Gasteiger partial charge in [-0.1, -0.05) is 65.0 Å². The van der Waals surface area contributed by atoms with Crippen molar-refractivity contribution in [2.75, 3.05) is 11.9 Å². The van der Waals surface area contributed by atoms with Crippen molar-refractivity contribution in [3.63, 3.8) is 0 Å². The van der Waals surface area contributed by atoms with E-state index in [1.165, 1.54) is 16.9 Å². The van der Waals surface area contributed by atoms with Gasteiger partial charge >= 0.3 is 5.97 Å². The number of nitrogens with one attached hydrogen (secondary N) is 1. The lowest BCUT2D eigenvalue weighted by Crippen LogP contribution is -2.19. The quantitative estimate of drug-likeness (QED) is 0.502. The molecule has 158 valence electrons. The third kappa shape index (κ3) is 7.00. The van der Waals surface area contributed by atoms with E-state index >= 15 is 0 Å². The van der Waals surface area contributed by atoms with E-state index in [-0.39, 0.29) is 23.2 Å². The van der Waals surface area contributed by atoms with Gasteiger partial charge in [0.25, 0.3) is 0 Å². The van der Waals surface area contributed by atoms with Crippen molar-refractivity contribution < 1.29 is 14.3 Å². The molecule has 0 radical (unpaired) electrons. The lowest BCUT2D eigenvalue weighted by molar-refractivity contribution is -0.117. The highest BCUT2D eigenvalue weighted by Crippen LogP contribution is 2.37. The molecule has 0 saturated carbocycles. The first-order valence-electron chi connectivity index (χ1n) is 10.3. The maximum Gasteiger partial charge on any atom is 0.341 e. The first kappa shape index (κ1) is 23.1. The second kappa shape index (κ2) is 10.1. The van der Waals surface area contributed by atoms with E-state index in [2.05, 4.69) is 52.1 Å². The lowest BCUT2D eigenvalue weighted by atomic mass is 9.84. The van der Waals surface area contributed by atoms with E-state index in [0.29, 0.717) is 23.6 Å². The Morgan fingerprint density at radius 2 is 1.79 bits per heavy atom. The fourth-order valence-electron chi connectivity index (χ4n) is 3.59. The Morgan fingerprint density at radius 3 is 2.38 bits per heavy atom. The van der Waals surface area contributed by atoms with Crippen LogP contribution in [0.5, 0.6) is 0 Å². The summed E-state index contributed by atoms with van der Waals surface area (Å²) in [7, 11) is 0. The summed E-state index contributed by atoms with van der Waals surface area (Å²) in [6.45, 7) is 12.8. The van der Waals surface area contributed by atoms with E-state index in [1.54, 1.807) is 6.92 Å². The number of ether oxygens (including phenoxy) is 1. The maximum atomic E-state index is 12.6. The van der Waals surface area contributed by atoms with E-state index in [0.717, 1.165) is 11.3 Å². The van der Waals surface area contributed by atoms with Crippen LogP contribution < -0.4 is 5.32 Å². The van der Waals surface area contributed by atoms with Gasteiger partial charge in [0, 0.05) is 17.2 Å². The molecule has 2 rings (SSSR count). The SMILES string of the molecule is CCOC(=O)c1cc([C@@H](C)c2ccccc2)sc1NC(=O)C[C@H](C)CC(C)(C)C. The normalized spacial score (nSPS) is 13.6. The average molecular weight is 416 g/mol. The predicted octanol–water partition coefficient (Wildman–Crippen LogP) is 6.48. The zero-order valence-electron chi connectivity index (χ0n) is 18.4. The van der Waals surface area contributed by atoms with E-state index in [4.69, 9.17) is 4.74 Å². The van der Waals surface area contributed by atoms with Gasteiger partial charge in [-0.25, -0.2) is 4.79 Å². The summed E-state index contributed by atoms with van der Waals surface area (Å²) in [6.07, 6.45) is 1.40. The standard InChI is InChI=1S/C24H33NO3S/c1-7-28-23(27)19-14-20(17(3)18-11-9-8-10-12-18)29-22(19)25-21(26)13-16(2)15-24(4,5)6/h8-12,14,16-17H,7,13,15H2,1-6H3,(H,25,26)/t16-,17-/m0/s1. The predicted molar refractivity (Wildman–Crippen MR) is 121 cm³/mol. The minimum Gasteiger partial charge on any atom is -0.462 e. The van der Waals surface area contributed by atoms with Gasteiger partial charge in [0.1, 0.15) is 5.00 Å². The smallest absolute Gasteiger partial charge is 0.341 e. The van der Waals surface area contributed by atoms with Crippen LogP contribution >= 0.6 is 11.3 Å². The molecule has 2 aromatic rings. The van der Waals surface area contributed by atoms with Crippen LogP contribution in [0.1, 0.15) is 81.1 Å².